The van der Waals surface area contributed by atoms with Crippen molar-refractivity contribution in [2.45, 2.75) is 31.7 Å². The number of hydrogen-bond donors (Lipinski definition) is 2. The van der Waals surface area contributed by atoms with Gasteiger partial charge in [0.25, 0.3) is 0 Å². The van der Waals surface area contributed by atoms with Gasteiger partial charge in [0.05, 0.1) is 4.90 Å². The maximum atomic E-state index is 12.3. The second-order valence-corrected chi connectivity index (χ2v) is 8.12. The highest BCUT2D eigenvalue weighted by Crippen LogP contribution is 2.22. The van der Waals surface area contributed by atoms with Crippen LogP contribution in [0.1, 0.15) is 20.8 Å². The first-order valence-corrected chi connectivity index (χ1v) is 8.35. The zero-order valence-electron chi connectivity index (χ0n) is 11.9. The van der Waals surface area contributed by atoms with Crippen LogP contribution < -0.4 is 10.0 Å². The highest BCUT2D eigenvalue weighted by molar-refractivity contribution is 9.10. The van der Waals surface area contributed by atoms with E-state index in [-0.39, 0.29) is 10.8 Å². The van der Waals surface area contributed by atoms with Crippen LogP contribution in [0, 0.1) is 5.41 Å². The van der Waals surface area contributed by atoms with E-state index < -0.39 is 21.5 Å². The van der Waals surface area contributed by atoms with Crippen molar-refractivity contribution in [1.29, 1.82) is 0 Å². The fraction of sp³-hybridized carbons (Fsp3) is 0.462. The van der Waals surface area contributed by atoms with Crippen molar-refractivity contribution >= 4 is 31.9 Å². The molecule has 0 bridgehead atoms. The largest absolute Gasteiger partial charge is 0.358 e. The van der Waals surface area contributed by atoms with Crippen LogP contribution in [0.25, 0.3) is 0 Å². The zero-order chi connectivity index (χ0) is 15.6. The minimum Gasteiger partial charge on any atom is -0.358 e. The van der Waals surface area contributed by atoms with Crippen LogP contribution in [0.4, 0.5) is 0 Å². The van der Waals surface area contributed by atoms with E-state index in [1.807, 2.05) is 0 Å². The SMILES string of the molecule is CNC(=O)[C@H](NS(=O)(=O)c1ccc(Br)cc1)C(C)(C)C. The lowest BCUT2D eigenvalue weighted by molar-refractivity contribution is -0.124. The Kier molecular flexibility index (Phi) is 5.34. The van der Waals surface area contributed by atoms with Gasteiger partial charge in [-0.25, -0.2) is 8.42 Å². The summed E-state index contributed by atoms with van der Waals surface area (Å²) in [4.78, 5) is 12.0. The predicted octanol–water partition coefficient (Wildman–Crippen LogP) is 1.89. The second-order valence-electron chi connectivity index (χ2n) is 5.49. The summed E-state index contributed by atoms with van der Waals surface area (Å²) in [5.41, 5.74) is -0.539. The van der Waals surface area contributed by atoms with Crippen molar-refractivity contribution in [3.05, 3.63) is 28.7 Å². The maximum Gasteiger partial charge on any atom is 0.241 e. The smallest absolute Gasteiger partial charge is 0.241 e. The molecule has 1 atom stereocenters. The normalized spacial score (nSPS) is 13.8. The number of halogens is 1. The molecule has 2 N–H and O–H groups in total. The van der Waals surface area contributed by atoms with Gasteiger partial charge in [-0.3, -0.25) is 4.79 Å². The molecule has 1 aromatic carbocycles. The van der Waals surface area contributed by atoms with E-state index in [4.69, 9.17) is 0 Å². The number of carbonyl (C=O) groups excluding carboxylic acids is 1. The lowest BCUT2D eigenvalue weighted by Gasteiger charge is -2.29. The molecule has 0 aliphatic carbocycles. The lowest BCUT2D eigenvalue weighted by atomic mass is 9.87. The van der Waals surface area contributed by atoms with Gasteiger partial charge in [0, 0.05) is 11.5 Å². The molecule has 1 rings (SSSR count). The Labute approximate surface area is 128 Å². The molecule has 0 saturated carbocycles. The van der Waals surface area contributed by atoms with Crippen molar-refractivity contribution < 1.29 is 13.2 Å². The molecule has 0 spiro atoms. The molecule has 0 radical (unpaired) electrons. The van der Waals surface area contributed by atoms with Gasteiger partial charge >= 0.3 is 0 Å². The summed E-state index contributed by atoms with van der Waals surface area (Å²) in [6.07, 6.45) is 0. The molecule has 0 heterocycles. The third kappa shape index (κ3) is 4.29. The van der Waals surface area contributed by atoms with Crippen molar-refractivity contribution in [1.82, 2.24) is 10.0 Å². The van der Waals surface area contributed by atoms with E-state index in [0.29, 0.717) is 0 Å². The first-order chi connectivity index (χ1) is 9.08. The first-order valence-electron chi connectivity index (χ1n) is 6.07. The summed E-state index contributed by atoms with van der Waals surface area (Å²) in [5, 5.41) is 2.48. The number of hydrogen-bond acceptors (Lipinski definition) is 3. The van der Waals surface area contributed by atoms with Crippen LogP contribution in [0.2, 0.25) is 0 Å². The van der Waals surface area contributed by atoms with Gasteiger partial charge in [0.1, 0.15) is 6.04 Å². The van der Waals surface area contributed by atoms with Crippen LogP contribution in [-0.4, -0.2) is 27.4 Å². The van der Waals surface area contributed by atoms with E-state index in [2.05, 4.69) is 26.0 Å². The Morgan fingerprint density at radius 1 is 1.20 bits per heavy atom. The minimum absolute atomic E-state index is 0.124. The standard InChI is InChI=1S/C13H19BrN2O3S/c1-13(2,3)11(12(17)15-4)16-20(18,19)10-7-5-9(14)6-8-10/h5-8,11,16H,1-4H3,(H,15,17)/t11-/m0/s1. The van der Waals surface area contributed by atoms with Crippen molar-refractivity contribution in [3.8, 4) is 0 Å². The minimum atomic E-state index is -3.75. The summed E-state index contributed by atoms with van der Waals surface area (Å²) >= 11 is 3.25. The van der Waals surface area contributed by atoms with Gasteiger partial charge < -0.3 is 5.32 Å². The summed E-state index contributed by atoms with van der Waals surface area (Å²) in [7, 11) is -2.27. The topological polar surface area (TPSA) is 75.3 Å². The molecule has 20 heavy (non-hydrogen) atoms. The maximum absolute atomic E-state index is 12.3. The Balaban J connectivity index is 3.09. The molecule has 0 aliphatic heterocycles. The van der Waals surface area contributed by atoms with Gasteiger partial charge in [0.15, 0.2) is 0 Å². The van der Waals surface area contributed by atoms with Gasteiger partial charge in [0.2, 0.25) is 15.9 Å². The Bertz CT molecular complexity index is 577. The van der Waals surface area contributed by atoms with Gasteiger partial charge in [-0.2, -0.15) is 4.72 Å². The lowest BCUT2D eigenvalue weighted by Crippen LogP contribution is -2.52. The third-order valence-corrected chi connectivity index (χ3v) is 4.74. The Hall–Kier alpha value is -0.920. The van der Waals surface area contributed by atoms with Crippen LogP contribution >= 0.6 is 15.9 Å². The summed E-state index contributed by atoms with van der Waals surface area (Å²) < 4.78 is 27.9. The molecule has 7 heteroatoms. The van der Waals surface area contributed by atoms with E-state index in [0.717, 1.165) is 4.47 Å². The quantitative estimate of drug-likeness (QED) is 0.858. The highest BCUT2D eigenvalue weighted by Gasteiger charge is 2.34. The van der Waals surface area contributed by atoms with Crippen molar-refractivity contribution in [2.24, 2.45) is 5.41 Å². The molecule has 1 aromatic rings. The molecule has 112 valence electrons. The summed E-state index contributed by atoms with van der Waals surface area (Å²) in [5.74, 6) is -0.363. The van der Waals surface area contributed by atoms with Crippen LogP contribution in [0.15, 0.2) is 33.6 Å². The molecular formula is C13H19BrN2O3S. The fourth-order valence-corrected chi connectivity index (χ4v) is 3.27. The molecule has 0 unspecified atom stereocenters. The van der Waals surface area contributed by atoms with Crippen LogP contribution in [0.3, 0.4) is 0 Å². The number of amides is 1. The number of benzene rings is 1. The number of sulfonamides is 1. The summed E-state index contributed by atoms with van der Waals surface area (Å²) in [6, 6.07) is 5.40. The van der Waals surface area contributed by atoms with Crippen LogP contribution in [-0.2, 0) is 14.8 Å². The summed E-state index contributed by atoms with van der Waals surface area (Å²) in [6.45, 7) is 5.41. The van der Waals surface area contributed by atoms with Crippen molar-refractivity contribution in [3.63, 3.8) is 0 Å². The molecule has 0 aromatic heterocycles. The van der Waals surface area contributed by atoms with Crippen LogP contribution in [0.5, 0.6) is 0 Å². The molecular weight excluding hydrogens is 344 g/mol. The molecule has 0 aliphatic rings. The van der Waals surface area contributed by atoms with E-state index in [9.17, 15) is 13.2 Å². The highest BCUT2D eigenvalue weighted by atomic mass is 79.9. The predicted molar refractivity (Wildman–Crippen MR) is 81.8 cm³/mol. The Morgan fingerprint density at radius 2 is 1.70 bits per heavy atom. The van der Waals surface area contributed by atoms with Gasteiger partial charge in [-0.05, 0) is 29.7 Å². The van der Waals surface area contributed by atoms with E-state index >= 15 is 0 Å². The number of rotatable bonds is 4. The second kappa shape index (κ2) is 6.24. The van der Waals surface area contributed by atoms with E-state index in [1.54, 1.807) is 32.9 Å². The number of likely N-dealkylation sites (N-methyl/N-ethyl adjacent to an activating group) is 1. The van der Waals surface area contributed by atoms with E-state index in [1.165, 1.54) is 19.2 Å². The number of nitrogens with one attached hydrogen (secondary N) is 2. The third-order valence-electron chi connectivity index (χ3n) is 2.77. The van der Waals surface area contributed by atoms with Gasteiger partial charge in [-0.1, -0.05) is 36.7 Å². The molecule has 5 nitrogen and oxygen atoms in total. The Morgan fingerprint density at radius 3 is 2.10 bits per heavy atom. The zero-order valence-corrected chi connectivity index (χ0v) is 14.3. The average Bonchev–Trinajstić information content (AvgIpc) is 2.34. The first kappa shape index (κ1) is 17.1. The monoisotopic (exact) mass is 362 g/mol. The van der Waals surface area contributed by atoms with Crippen molar-refractivity contribution in [2.75, 3.05) is 7.05 Å². The average molecular weight is 363 g/mol. The molecule has 1 amide bonds. The molecule has 0 saturated heterocycles. The molecule has 0 fully saturated rings. The number of carbonyl (C=O) groups is 1. The fourth-order valence-electron chi connectivity index (χ4n) is 1.60. The van der Waals surface area contributed by atoms with Gasteiger partial charge in [-0.15, -0.1) is 0 Å².